The maximum atomic E-state index is 13.8. The number of aliphatic hydroxyl groups is 3. The molecule has 3 N–H and O–H groups in total. The molecule has 0 radical (unpaired) electrons. The second-order valence-electron chi connectivity index (χ2n) is 16.5. The number of hydrogen-bond acceptors (Lipinski definition) is 12. The van der Waals surface area contributed by atoms with Crippen LogP contribution < -0.4 is 0 Å². The third kappa shape index (κ3) is 9.96. The minimum absolute atomic E-state index is 0.220. The number of ketones is 1. The Morgan fingerprint density at radius 1 is 1.06 bits per heavy atom. The Morgan fingerprint density at radius 3 is 2.41 bits per heavy atom. The van der Waals surface area contributed by atoms with E-state index >= 15 is 0 Å². The van der Waals surface area contributed by atoms with Crippen molar-refractivity contribution >= 4 is 11.8 Å². The average Bonchev–Trinajstić information content (AvgIpc) is 3.63. The van der Waals surface area contributed by atoms with Crippen LogP contribution in [-0.4, -0.2) is 122 Å². The minimum Gasteiger partial charge on any atom is -0.459 e. The van der Waals surface area contributed by atoms with Crippen molar-refractivity contribution in [1.29, 1.82) is 0 Å². The number of hydrogen-bond donors (Lipinski definition) is 3. The summed E-state index contributed by atoms with van der Waals surface area (Å²) in [6, 6.07) is 7.92. The topological polar surface area (TPSA) is 166 Å². The fraction of sp³-hybridized carbons (Fsp3) is 0.756. The van der Waals surface area contributed by atoms with Crippen LogP contribution in [0.1, 0.15) is 99.3 Å². The molecule has 13 heteroatoms. The zero-order chi connectivity index (χ0) is 40.1. The summed E-state index contributed by atoms with van der Waals surface area (Å²) in [5, 5.41) is 43.3. The molecule has 4 rings (SSSR count). The van der Waals surface area contributed by atoms with Crippen molar-refractivity contribution in [2.24, 2.45) is 23.7 Å². The number of aliphatic hydroxyl groups excluding tert-OH is 2. The number of rotatable bonds is 10. The monoisotopic (exact) mass is 758 g/mol. The van der Waals surface area contributed by atoms with E-state index in [-0.39, 0.29) is 36.7 Å². The molecule has 0 bridgehead atoms. The molecule has 0 aliphatic carbocycles. The number of likely N-dealkylation sites (N-methyl/N-ethyl adjacent to an activating group) is 1. The predicted molar refractivity (Wildman–Crippen MR) is 204 cm³/mol. The second kappa shape index (κ2) is 18.4. The highest BCUT2D eigenvalue weighted by molar-refractivity contribution is 5.83. The van der Waals surface area contributed by atoms with Gasteiger partial charge >= 0.3 is 5.97 Å². The second-order valence-corrected chi connectivity index (χ2v) is 16.5. The van der Waals surface area contributed by atoms with Crippen LogP contribution in [-0.2, 0) is 41.4 Å². The van der Waals surface area contributed by atoms with Crippen molar-refractivity contribution in [3.05, 3.63) is 41.7 Å². The molecule has 304 valence electrons. The Morgan fingerprint density at radius 2 is 1.76 bits per heavy atom. The highest BCUT2D eigenvalue weighted by atomic mass is 16.7. The van der Waals surface area contributed by atoms with Gasteiger partial charge in [0.1, 0.15) is 23.6 Å². The maximum absolute atomic E-state index is 13.8. The van der Waals surface area contributed by atoms with Crippen LogP contribution in [0, 0.1) is 23.7 Å². The molecule has 54 heavy (non-hydrogen) atoms. The lowest BCUT2D eigenvalue weighted by molar-refractivity contribution is -0.298. The Balaban J connectivity index is 1.55. The molecule has 13 nitrogen and oxygen atoms in total. The Labute approximate surface area is 321 Å². The number of aryl methyl sites for hydroxylation is 1. The van der Waals surface area contributed by atoms with Crippen LogP contribution in [0.2, 0.25) is 0 Å². The van der Waals surface area contributed by atoms with Crippen LogP contribution in [0.15, 0.2) is 30.5 Å². The molecule has 13 atom stereocenters. The number of Topliss-reactive ketones (excluding diaryl/α,β-unsaturated/α-hetero) is 1. The lowest BCUT2D eigenvalue weighted by Gasteiger charge is -2.47. The predicted octanol–water partition coefficient (Wildman–Crippen LogP) is 4.30. The molecule has 0 amide bonds. The third-order valence-corrected chi connectivity index (χ3v) is 12.0. The summed E-state index contributed by atoms with van der Waals surface area (Å²) in [6.07, 6.45) is -0.646. The van der Waals surface area contributed by atoms with Crippen molar-refractivity contribution in [2.45, 2.75) is 155 Å². The summed E-state index contributed by atoms with van der Waals surface area (Å²) >= 11 is 0. The van der Waals surface area contributed by atoms with E-state index in [1.165, 1.54) is 12.5 Å². The summed E-state index contributed by atoms with van der Waals surface area (Å²) in [5.74, 6) is -3.27. The first kappa shape index (κ1) is 43.9. The van der Waals surface area contributed by atoms with Crippen molar-refractivity contribution in [3.63, 3.8) is 0 Å². The van der Waals surface area contributed by atoms with Gasteiger partial charge in [-0.15, -0.1) is 5.10 Å². The zero-order valence-corrected chi connectivity index (χ0v) is 34.3. The molecule has 1 aromatic heterocycles. The summed E-state index contributed by atoms with van der Waals surface area (Å²) in [7, 11) is 3.53. The molecule has 1 aromatic carbocycles. The van der Waals surface area contributed by atoms with E-state index in [0.717, 1.165) is 17.8 Å². The van der Waals surface area contributed by atoms with Gasteiger partial charge < -0.3 is 39.2 Å². The quantitative estimate of drug-likeness (QED) is 0.295. The van der Waals surface area contributed by atoms with Crippen molar-refractivity contribution in [2.75, 3.05) is 20.7 Å². The van der Waals surface area contributed by atoms with Gasteiger partial charge in [-0.25, -0.2) is 4.68 Å². The van der Waals surface area contributed by atoms with E-state index in [1.54, 1.807) is 39.5 Å². The van der Waals surface area contributed by atoms with E-state index in [0.29, 0.717) is 25.8 Å². The van der Waals surface area contributed by atoms with Crippen LogP contribution in [0.5, 0.6) is 0 Å². The molecule has 3 heterocycles. The lowest BCUT2D eigenvalue weighted by Crippen LogP contribution is -2.59. The number of carbonyl (C=O) groups is 2. The number of methoxy groups -OCH3 is 1. The average molecular weight is 759 g/mol. The minimum atomic E-state index is -1.85. The SMILES string of the molecule is CCc1cccc(-n2cc(CCN(C)[C@H]3C[C@@H](C)O[C@@H](O[C@@H]4[C@@H](C)C[C@@H](C)C(=O)O[C@H](CC)[C@@](C)(O)[C@H](O)[C@@H](C)C(=O)[C@H](C)C[C@@]4(C)OC)[C@@H]3O)nn2)c1. The van der Waals surface area contributed by atoms with E-state index in [1.807, 2.05) is 46.1 Å². The van der Waals surface area contributed by atoms with Gasteiger partial charge in [0.2, 0.25) is 0 Å². The first-order chi connectivity index (χ1) is 25.4. The Kier molecular flexibility index (Phi) is 15.0. The van der Waals surface area contributed by atoms with Crippen molar-refractivity contribution < 1.29 is 43.9 Å². The maximum Gasteiger partial charge on any atom is 0.309 e. The normalized spacial score (nSPS) is 37.6. The van der Waals surface area contributed by atoms with Gasteiger partial charge in [0.25, 0.3) is 0 Å². The fourth-order valence-corrected chi connectivity index (χ4v) is 8.49. The fourth-order valence-electron chi connectivity index (χ4n) is 8.49. The number of ether oxygens (including phenoxy) is 4. The molecular formula is C41H66N4O9. The molecule has 2 fully saturated rings. The Hall–Kier alpha value is -2.78. The third-order valence-electron chi connectivity index (χ3n) is 12.0. The van der Waals surface area contributed by atoms with E-state index < -0.39 is 65.6 Å². The van der Waals surface area contributed by atoms with Crippen LogP contribution >= 0.6 is 0 Å². The number of benzene rings is 1. The van der Waals surface area contributed by atoms with Crippen LogP contribution in [0.3, 0.4) is 0 Å². The first-order valence-electron chi connectivity index (χ1n) is 19.8. The van der Waals surface area contributed by atoms with Gasteiger partial charge in [-0.3, -0.25) is 9.59 Å². The molecule has 0 spiro atoms. The zero-order valence-electron chi connectivity index (χ0n) is 34.3. The Bertz CT molecular complexity index is 1540. The molecule has 0 unspecified atom stereocenters. The lowest BCUT2D eigenvalue weighted by atomic mass is 9.74. The van der Waals surface area contributed by atoms with Gasteiger partial charge in [0.15, 0.2) is 6.29 Å². The molecule has 0 saturated carbocycles. The van der Waals surface area contributed by atoms with Crippen molar-refractivity contribution in [3.8, 4) is 5.69 Å². The number of esters is 1. The van der Waals surface area contributed by atoms with Crippen molar-refractivity contribution in [1.82, 2.24) is 19.9 Å². The first-order valence-corrected chi connectivity index (χ1v) is 19.8. The number of carbonyl (C=O) groups excluding carboxylic acids is 2. The molecular weight excluding hydrogens is 692 g/mol. The highest BCUT2D eigenvalue weighted by Crippen LogP contribution is 2.39. The van der Waals surface area contributed by atoms with Gasteiger partial charge in [-0.1, -0.05) is 58.9 Å². The largest absolute Gasteiger partial charge is 0.459 e. The van der Waals surface area contributed by atoms with Gasteiger partial charge in [0, 0.05) is 38.0 Å². The summed E-state index contributed by atoms with van der Waals surface area (Å²) in [5.41, 5.74) is 0.0953. The van der Waals surface area contributed by atoms with E-state index in [9.17, 15) is 24.9 Å². The number of nitrogens with zero attached hydrogens (tertiary/aromatic N) is 4. The number of aromatic nitrogens is 3. The highest BCUT2D eigenvalue weighted by Gasteiger charge is 2.50. The summed E-state index contributed by atoms with van der Waals surface area (Å²) in [6.45, 7) is 16.8. The smallest absolute Gasteiger partial charge is 0.309 e. The molecule has 2 aliphatic rings. The number of cyclic esters (lactones) is 1. The van der Waals surface area contributed by atoms with Gasteiger partial charge in [-0.2, -0.15) is 0 Å². The standard InChI is InChI=1S/C41H66N4O9/c1-12-29-15-14-16-31(21-29)45-23-30(42-43-45)17-18-44(10)32-20-27(6)52-39(35(32)47)54-37-24(3)19-25(4)38(49)53-33(13-2)41(9,50)36(48)28(7)34(46)26(5)22-40(37,8)51-11/h14-16,21,23-28,32-33,35-37,39,47-48,50H,12-13,17-20,22H2,1-11H3/t24-,25+,26+,27+,28-,32-,33+,35+,36+,37+,39-,40+,41+/m0/s1. The summed E-state index contributed by atoms with van der Waals surface area (Å²) in [4.78, 5) is 29.4. The molecule has 2 aromatic rings. The van der Waals surface area contributed by atoms with E-state index in [2.05, 4.69) is 34.3 Å². The molecule has 2 aliphatic heterocycles. The van der Waals surface area contributed by atoms with E-state index in [4.69, 9.17) is 18.9 Å². The van der Waals surface area contributed by atoms with Crippen LogP contribution in [0.4, 0.5) is 0 Å². The van der Waals surface area contributed by atoms with Gasteiger partial charge in [0.05, 0.1) is 47.4 Å². The van der Waals surface area contributed by atoms with Crippen LogP contribution in [0.25, 0.3) is 5.69 Å². The summed E-state index contributed by atoms with van der Waals surface area (Å²) < 4.78 is 26.9. The molecule has 2 saturated heterocycles. The van der Waals surface area contributed by atoms with Gasteiger partial charge in [-0.05, 0) is 83.5 Å².